The van der Waals surface area contributed by atoms with E-state index in [2.05, 4.69) is 26.8 Å². The molecule has 20 heavy (non-hydrogen) atoms. The zero-order valence-corrected chi connectivity index (χ0v) is 14.0. The Balaban J connectivity index is 2.45. The highest BCUT2D eigenvalue weighted by atomic mass is 16.3. The van der Waals surface area contributed by atoms with Crippen LogP contribution in [0, 0.1) is 22.7 Å². The van der Waals surface area contributed by atoms with Crippen molar-refractivity contribution in [2.24, 2.45) is 22.7 Å². The lowest BCUT2D eigenvalue weighted by molar-refractivity contribution is -0.126. The summed E-state index contributed by atoms with van der Waals surface area (Å²) in [5, 5.41) is 21.2. The van der Waals surface area contributed by atoms with Crippen LogP contribution in [-0.2, 0) is 0 Å². The fraction of sp³-hybridized carbons (Fsp3) is 0.889. The molecule has 0 heterocycles. The van der Waals surface area contributed by atoms with Gasteiger partial charge in [-0.15, -0.1) is 0 Å². The first-order chi connectivity index (χ1) is 8.89. The van der Waals surface area contributed by atoms with E-state index in [-0.39, 0.29) is 16.7 Å². The number of fused-ring (bicyclic) bond motifs is 1. The topological polar surface area (TPSA) is 40.5 Å². The first-order valence-electron chi connectivity index (χ1n) is 8.03. The van der Waals surface area contributed by atoms with E-state index < -0.39 is 11.2 Å². The minimum Gasteiger partial charge on any atom is -0.390 e. The van der Waals surface area contributed by atoms with E-state index in [0.29, 0.717) is 12.3 Å². The monoisotopic (exact) mass is 280 g/mol. The highest BCUT2D eigenvalue weighted by Crippen LogP contribution is 2.61. The predicted octanol–water partition coefficient (Wildman–Crippen LogP) is 3.92. The molecule has 1 saturated carbocycles. The van der Waals surface area contributed by atoms with E-state index in [1.165, 1.54) is 12.8 Å². The maximum Gasteiger partial charge on any atom is 0.0834 e. The molecular formula is C18H32O2. The third-order valence-electron chi connectivity index (χ3n) is 5.92. The molecule has 0 aliphatic heterocycles. The van der Waals surface area contributed by atoms with Crippen molar-refractivity contribution >= 4 is 0 Å². The predicted molar refractivity (Wildman–Crippen MR) is 83.4 cm³/mol. The van der Waals surface area contributed by atoms with Crippen molar-refractivity contribution in [1.29, 1.82) is 0 Å². The maximum absolute atomic E-state index is 10.9. The molecule has 0 spiro atoms. The van der Waals surface area contributed by atoms with Crippen LogP contribution in [0.4, 0.5) is 0 Å². The van der Waals surface area contributed by atoms with Gasteiger partial charge in [0.15, 0.2) is 0 Å². The van der Waals surface area contributed by atoms with Gasteiger partial charge in [0.05, 0.1) is 11.2 Å². The van der Waals surface area contributed by atoms with Crippen molar-refractivity contribution in [1.82, 2.24) is 0 Å². The first-order valence-corrected chi connectivity index (χ1v) is 8.03. The molecular weight excluding hydrogens is 248 g/mol. The van der Waals surface area contributed by atoms with Gasteiger partial charge in [0, 0.05) is 0 Å². The van der Waals surface area contributed by atoms with Gasteiger partial charge in [-0.2, -0.15) is 0 Å². The van der Waals surface area contributed by atoms with Crippen LogP contribution >= 0.6 is 0 Å². The van der Waals surface area contributed by atoms with E-state index >= 15 is 0 Å². The second kappa shape index (κ2) is 4.58. The number of hydrogen-bond donors (Lipinski definition) is 2. The van der Waals surface area contributed by atoms with Crippen LogP contribution in [0.25, 0.3) is 0 Å². The lowest BCUT2D eigenvalue weighted by atomic mass is 9.47. The van der Waals surface area contributed by atoms with Gasteiger partial charge in [-0.05, 0) is 62.7 Å². The largest absolute Gasteiger partial charge is 0.390 e. The lowest BCUT2D eigenvalue weighted by Gasteiger charge is -2.59. The Morgan fingerprint density at radius 2 is 1.75 bits per heavy atom. The average Bonchev–Trinajstić information content (AvgIpc) is 2.21. The summed E-state index contributed by atoms with van der Waals surface area (Å²) in [6, 6.07) is 0. The summed E-state index contributed by atoms with van der Waals surface area (Å²) in [7, 11) is 0. The summed E-state index contributed by atoms with van der Waals surface area (Å²) < 4.78 is 0. The Hall–Kier alpha value is -0.340. The molecule has 2 N–H and O–H groups in total. The van der Waals surface area contributed by atoms with Gasteiger partial charge in [0.1, 0.15) is 0 Å². The minimum absolute atomic E-state index is 0.0694. The molecule has 0 saturated heterocycles. The molecule has 0 aromatic rings. The van der Waals surface area contributed by atoms with Gasteiger partial charge in [-0.3, -0.25) is 0 Å². The van der Waals surface area contributed by atoms with Gasteiger partial charge >= 0.3 is 0 Å². The summed E-state index contributed by atoms with van der Waals surface area (Å²) in [6.07, 6.45) is 8.49. The van der Waals surface area contributed by atoms with Crippen molar-refractivity contribution in [3.05, 3.63) is 12.2 Å². The fourth-order valence-electron chi connectivity index (χ4n) is 5.01. The molecule has 0 bridgehead atoms. The van der Waals surface area contributed by atoms with Gasteiger partial charge in [-0.1, -0.05) is 39.3 Å². The third kappa shape index (κ3) is 2.69. The van der Waals surface area contributed by atoms with Crippen LogP contribution in [0.5, 0.6) is 0 Å². The number of rotatable bonds is 2. The number of aliphatic hydroxyl groups is 2. The molecule has 0 amide bonds. The first kappa shape index (κ1) is 16.0. The van der Waals surface area contributed by atoms with Crippen molar-refractivity contribution < 1.29 is 10.2 Å². The molecule has 2 nitrogen and oxygen atoms in total. The Morgan fingerprint density at radius 3 is 2.30 bits per heavy atom. The average molecular weight is 280 g/mol. The zero-order valence-electron chi connectivity index (χ0n) is 14.0. The molecule has 0 aromatic carbocycles. The van der Waals surface area contributed by atoms with Crippen LogP contribution in [0.1, 0.15) is 67.2 Å². The molecule has 0 aromatic heterocycles. The Bertz CT molecular complexity index is 400. The third-order valence-corrected chi connectivity index (χ3v) is 5.92. The van der Waals surface area contributed by atoms with Crippen LogP contribution < -0.4 is 0 Å². The maximum atomic E-state index is 10.9. The van der Waals surface area contributed by atoms with Crippen LogP contribution in [0.3, 0.4) is 0 Å². The summed E-state index contributed by atoms with van der Waals surface area (Å²) in [6.45, 7) is 12.6. The van der Waals surface area contributed by atoms with E-state index in [1.54, 1.807) is 0 Å². The summed E-state index contributed by atoms with van der Waals surface area (Å²) in [4.78, 5) is 0. The van der Waals surface area contributed by atoms with Crippen molar-refractivity contribution in [3.63, 3.8) is 0 Å². The summed E-state index contributed by atoms with van der Waals surface area (Å²) in [5.41, 5.74) is -1.22. The number of allylic oxidation sites excluding steroid dienone is 1. The summed E-state index contributed by atoms with van der Waals surface area (Å²) in [5.74, 6) is 0.584. The second-order valence-corrected chi connectivity index (χ2v) is 8.98. The van der Waals surface area contributed by atoms with Crippen LogP contribution in [-0.4, -0.2) is 21.4 Å². The van der Waals surface area contributed by atoms with Crippen molar-refractivity contribution in [2.75, 3.05) is 0 Å². The van der Waals surface area contributed by atoms with E-state index in [0.717, 1.165) is 6.42 Å². The summed E-state index contributed by atoms with van der Waals surface area (Å²) >= 11 is 0. The van der Waals surface area contributed by atoms with Crippen LogP contribution in [0.2, 0.25) is 0 Å². The SMILES string of the molecule is CC(C)(O)CC1C(C)(O)C=CC2C(C)(C)CCCC12C. The molecule has 2 aliphatic rings. The van der Waals surface area contributed by atoms with E-state index in [4.69, 9.17) is 0 Å². The quantitative estimate of drug-likeness (QED) is 0.753. The van der Waals surface area contributed by atoms with Gasteiger partial charge in [0.2, 0.25) is 0 Å². The minimum atomic E-state index is -0.821. The molecule has 2 rings (SSSR count). The second-order valence-electron chi connectivity index (χ2n) is 8.98. The highest BCUT2D eigenvalue weighted by molar-refractivity contribution is 5.20. The molecule has 2 heteroatoms. The van der Waals surface area contributed by atoms with Gasteiger partial charge in [-0.25, -0.2) is 0 Å². The lowest BCUT2D eigenvalue weighted by Crippen LogP contribution is -2.56. The van der Waals surface area contributed by atoms with Crippen molar-refractivity contribution in [3.8, 4) is 0 Å². The zero-order chi connectivity index (χ0) is 15.4. The molecule has 1 fully saturated rings. The van der Waals surface area contributed by atoms with E-state index in [9.17, 15) is 10.2 Å². The standard InChI is InChI=1S/C18H32O2/c1-15(2)9-7-10-17(5)13(15)8-11-18(6,20)14(17)12-16(3,4)19/h8,11,13-14,19-20H,7,9-10,12H2,1-6H3. The number of hydrogen-bond acceptors (Lipinski definition) is 2. The molecule has 2 aliphatic carbocycles. The van der Waals surface area contributed by atoms with Crippen molar-refractivity contribution in [2.45, 2.75) is 78.4 Å². The molecule has 116 valence electrons. The van der Waals surface area contributed by atoms with Gasteiger partial charge in [0.25, 0.3) is 0 Å². The Morgan fingerprint density at radius 1 is 1.15 bits per heavy atom. The fourth-order valence-corrected chi connectivity index (χ4v) is 5.01. The molecule has 4 atom stereocenters. The molecule has 4 unspecified atom stereocenters. The van der Waals surface area contributed by atoms with E-state index in [1.807, 2.05) is 26.8 Å². The normalized spacial score (nSPS) is 44.2. The Kier molecular flexibility index (Phi) is 3.67. The Labute approximate surface area is 124 Å². The smallest absolute Gasteiger partial charge is 0.0834 e. The highest BCUT2D eigenvalue weighted by Gasteiger charge is 2.56. The molecule has 0 radical (unpaired) electrons. The van der Waals surface area contributed by atoms with Crippen LogP contribution in [0.15, 0.2) is 12.2 Å². The van der Waals surface area contributed by atoms with Gasteiger partial charge < -0.3 is 10.2 Å².